The highest BCUT2D eigenvalue weighted by atomic mass is 32.2. The van der Waals surface area contributed by atoms with Crippen LogP contribution in [0.5, 0.6) is 0 Å². The van der Waals surface area contributed by atoms with Crippen LogP contribution in [0.15, 0.2) is 45.9 Å². The fraction of sp³-hybridized carbons (Fsp3) is 0.267. The summed E-state index contributed by atoms with van der Waals surface area (Å²) in [7, 11) is 0. The number of anilines is 1. The van der Waals surface area contributed by atoms with E-state index >= 15 is 0 Å². The van der Waals surface area contributed by atoms with Crippen LogP contribution in [-0.4, -0.2) is 18.7 Å². The summed E-state index contributed by atoms with van der Waals surface area (Å²) in [4.78, 5) is 14.2. The van der Waals surface area contributed by atoms with Gasteiger partial charge in [-0.3, -0.25) is 4.79 Å². The summed E-state index contributed by atoms with van der Waals surface area (Å²) < 4.78 is 5.51. The first kappa shape index (κ1) is 13.7. The largest absolute Gasteiger partial charge is 0.445 e. The number of carbonyl (C=O) groups is 1. The second kappa shape index (κ2) is 5.97. The predicted molar refractivity (Wildman–Crippen MR) is 79.0 cm³/mol. The van der Waals surface area contributed by atoms with E-state index in [0.717, 1.165) is 16.3 Å². The van der Waals surface area contributed by atoms with Crippen molar-refractivity contribution in [1.29, 1.82) is 0 Å². The molecule has 19 heavy (non-hydrogen) atoms. The number of benzene rings is 1. The van der Waals surface area contributed by atoms with Gasteiger partial charge in [0.05, 0.1) is 0 Å². The summed E-state index contributed by atoms with van der Waals surface area (Å²) >= 11 is 1.49. The molecule has 0 aliphatic heterocycles. The quantitative estimate of drug-likeness (QED) is 0.791. The number of furan rings is 1. The monoisotopic (exact) mass is 275 g/mol. The van der Waals surface area contributed by atoms with Gasteiger partial charge in [-0.1, -0.05) is 30.0 Å². The van der Waals surface area contributed by atoms with Crippen molar-refractivity contribution in [3.8, 4) is 0 Å². The summed E-state index contributed by atoms with van der Waals surface area (Å²) in [5.41, 5.74) is 2.01. The zero-order valence-corrected chi connectivity index (χ0v) is 12.2. The van der Waals surface area contributed by atoms with Crippen molar-refractivity contribution in [3.05, 3.63) is 47.7 Å². The minimum atomic E-state index is -0.0999. The van der Waals surface area contributed by atoms with Gasteiger partial charge in [0.1, 0.15) is 0 Å². The van der Waals surface area contributed by atoms with Gasteiger partial charge < -0.3 is 9.32 Å². The van der Waals surface area contributed by atoms with Crippen molar-refractivity contribution < 1.29 is 9.21 Å². The molecule has 0 saturated heterocycles. The van der Waals surface area contributed by atoms with Crippen LogP contribution in [0, 0.1) is 6.92 Å². The number of nitrogens with zero attached hydrogens (tertiary/aromatic N) is 1. The Hall–Kier alpha value is -1.68. The summed E-state index contributed by atoms with van der Waals surface area (Å²) in [6.07, 6.45) is 1.92. The molecule has 0 fully saturated rings. The molecule has 1 aromatic heterocycles. The van der Waals surface area contributed by atoms with Crippen LogP contribution in [0.2, 0.25) is 0 Å². The first-order chi connectivity index (χ1) is 9.17. The fourth-order valence-electron chi connectivity index (χ4n) is 1.97. The normalized spacial score (nSPS) is 10.5. The van der Waals surface area contributed by atoms with Crippen LogP contribution in [-0.2, 0) is 0 Å². The molecule has 0 aliphatic rings. The van der Waals surface area contributed by atoms with Crippen LogP contribution in [0.4, 0.5) is 5.69 Å². The Balaban J connectivity index is 2.32. The van der Waals surface area contributed by atoms with E-state index in [1.807, 2.05) is 50.4 Å². The molecule has 0 N–H and O–H groups in total. The topological polar surface area (TPSA) is 33.5 Å². The maximum Gasteiger partial charge on any atom is 0.294 e. The molecular formula is C15H17NO2S. The lowest BCUT2D eigenvalue weighted by atomic mass is 10.1. The zero-order chi connectivity index (χ0) is 13.8. The van der Waals surface area contributed by atoms with E-state index in [-0.39, 0.29) is 5.91 Å². The molecule has 0 saturated carbocycles. The maximum atomic E-state index is 12.5. The Bertz CT molecular complexity index is 577. The highest BCUT2D eigenvalue weighted by molar-refractivity contribution is 7.98. The summed E-state index contributed by atoms with van der Waals surface area (Å²) in [5.74, 6) is 0.284. The van der Waals surface area contributed by atoms with Crippen LogP contribution in [0.1, 0.15) is 23.0 Å². The molecule has 2 rings (SSSR count). The molecule has 1 heterocycles. The first-order valence-corrected chi connectivity index (χ1v) is 7.41. The van der Waals surface area contributed by atoms with Gasteiger partial charge in [-0.15, -0.1) is 0 Å². The van der Waals surface area contributed by atoms with Gasteiger partial charge in [0, 0.05) is 12.2 Å². The van der Waals surface area contributed by atoms with E-state index in [1.54, 1.807) is 11.0 Å². The summed E-state index contributed by atoms with van der Waals surface area (Å²) in [5, 5.41) is 0.754. The van der Waals surface area contributed by atoms with Crippen molar-refractivity contribution >= 4 is 23.4 Å². The average Bonchev–Trinajstić information content (AvgIpc) is 2.90. The Kier molecular flexibility index (Phi) is 4.32. The lowest BCUT2D eigenvalue weighted by Gasteiger charge is -2.21. The van der Waals surface area contributed by atoms with E-state index in [0.29, 0.717) is 12.3 Å². The lowest BCUT2D eigenvalue weighted by molar-refractivity contribution is 0.0956. The van der Waals surface area contributed by atoms with E-state index in [2.05, 4.69) is 0 Å². The SMILES string of the molecule is CCN(C(=O)c1ccc(SC)o1)c1ccccc1C. The highest BCUT2D eigenvalue weighted by Crippen LogP contribution is 2.24. The van der Waals surface area contributed by atoms with Gasteiger partial charge in [0.15, 0.2) is 10.9 Å². The minimum Gasteiger partial charge on any atom is -0.445 e. The average molecular weight is 275 g/mol. The number of hydrogen-bond donors (Lipinski definition) is 0. The van der Waals surface area contributed by atoms with Crippen LogP contribution in [0.3, 0.4) is 0 Å². The molecular weight excluding hydrogens is 258 g/mol. The standard InChI is InChI=1S/C15H17NO2S/c1-4-16(12-8-6-5-7-11(12)2)15(17)13-9-10-14(18-13)19-3/h5-10H,4H2,1-3H3. The Labute approximate surface area is 117 Å². The summed E-state index contributed by atoms with van der Waals surface area (Å²) in [6, 6.07) is 11.4. The molecule has 0 atom stereocenters. The molecule has 1 aromatic carbocycles. The van der Waals surface area contributed by atoms with Gasteiger partial charge in [-0.25, -0.2) is 0 Å². The number of aryl methyl sites for hydroxylation is 1. The molecule has 100 valence electrons. The van der Waals surface area contributed by atoms with Crippen LogP contribution in [0.25, 0.3) is 0 Å². The molecule has 2 aromatic rings. The van der Waals surface area contributed by atoms with E-state index < -0.39 is 0 Å². The van der Waals surface area contributed by atoms with Crippen molar-refractivity contribution in [2.45, 2.75) is 18.9 Å². The van der Waals surface area contributed by atoms with E-state index in [1.165, 1.54) is 11.8 Å². The third-order valence-electron chi connectivity index (χ3n) is 2.96. The van der Waals surface area contributed by atoms with Crippen LogP contribution >= 0.6 is 11.8 Å². The van der Waals surface area contributed by atoms with Crippen LogP contribution < -0.4 is 4.90 Å². The first-order valence-electron chi connectivity index (χ1n) is 6.18. The molecule has 0 spiro atoms. The molecule has 4 heteroatoms. The molecule has 3 nitrogen and oxygen atoms in total. The van der Waals surface area contributed by atoms with Crippen molar-refractivity contribution in [2.75, 3.05) is 17.7 Å². The van der Waals surface area contributed by atoms with Gasteiger partial charge in [-0.05, 0) is 43.9 Å². The number of hydrogen-bond acceptors (Lipinski definition) is 3. The highest BCUT2D eigenvalue weighted by Gasteiger charge is 2.20. The Morgan fingerprint density at radius 2 is 2.00 bits per heavy atom. The molecule has 0 unspecified atom stereocenters. The number of rotatable bonds is 4. The molecule has 1 amide bonds. The molecule has 0 radical (unpaired) electrons. The van der Waals surface area contributed by atoms with E-state index in [4.69, 9.17) is 4.42 Å². The molecule has 0 aliphatic carbocycles. The van der Waals surface area contributed by atoms with Crippen molar-refractivity contribution in [1.82, 2.24) is 0 Å². The van der Waals surface area contributed by atoms with Crippen molar-refractivity contribution in [2.24, 2.45) is 0 Å². The number of para-hydroxylation sites is 1. The Morgan fingerprint density at radius 1 is 1.26 bits per heavy atom. The second-order valence-corrected chi connectivity index (χ2v) is 4.97. The smallest absolute Gasteiger partial charge is 0.294 e. The van der Waals surface area contributed by atoms with Gasteiger partial charge >= 0.3 is 0 Å². The van der Waals surface area contributed by atoms with Gasteiger partial charge in [0.25, 0.3) is 5.91 Å². The third-order valence-corrected chi connectivity index (χ3v) is 3.58. The van der Waals surface area contributed by atoms with Gasteiger partial charge in [-0.2, -0.15) is 0 Å². The number of amides is 1. The Morgan fingerprint density at radius 3 is 2.58 bits per heavy atom. The summed E-state index contributed by atoms with van der Waals surface area (Å²) in [6.45, 7) is 4.57. The number of carbonyl (C=O) groups excluding carboxylic acids is 1. The second-order valence-electron chi connectivity index (χ2n) is 4.16. The molecule has 0 bridgehead atoms. The predicted octanol–water partition coefficient (Wildman–Crippen LogP) is 3.98. The zero-order valence-electron chi connectivity index (χ0n) is 11.3. The number of thioether (sulfide) groups is 1. The lowest BCUT2D eigenvalue weighted by Crippen LogP contribution is -2.30. The fourth-order valence-corrected chi connectivity index (χ4v) is 2.34. The minimum absolute atomic E-state index is 0.0999. The van der Waals surface area contributed by atoms with Gasteiger partial charge in [0.2, 0.25) is 0 Å². The van der Waals surface area contributed by atoms with Crippen molar-refractivity contribution in [3.63, 3.8) is 0 Å². The maximum absolute atomic E-state index is 12.5. The third kappa shape index (κ3) is 2.84. The van der Waals surface area contributed by atoms with E-state index in [9.17, 15) is 4.79 Å².